The van der Waals surface area contributed by atoms with Crippen LogP contribution in [0.1, 0.15) is 24.2 Å². The van der Waals surface area contributed by atoms with Gasteiger partial charge in [0.15, 0.2) is 11.6 Å². The van der Waals surface area contributed by atoms with E-state index in [2.05, 4.69) is 10.3 Å². The van der Waals surface area contributed by atoms with E-state index in [0.717, 1.165) is 10.5 Å². The highest BCUT2D eigenvalue weighted by atomic mass is 35.5. The number of nitrogens with one attached hydrogen (secondary N) is 1. The maximum absolute atomic E-state index is 12.0. The van der Waals surface area contributed by atoms with E-state index in [0.29, 0.717) is 15.7 Å². The minimum absolute atomic E-state index is 0.0141. The van der Waals surface area contributed by atoms with Crippen molar-refractivity contribution in [3.8, 4) is 0 Å². The molecule has 2 aromatic heterocycles. The first-order valence-electron chi connectivity index (χ1n) is 7.73. The van der Waals surface area contributed by atoms with Crippen molar-refractivity contribution < 1.29 is 14.3 Å². The van der Waals surface area contributed by atoms with Crippen LogP contribution in [0.5, 0.6) is 0 Å². The Hall–Kier alpha value is -2.09. The highest BCUT2D eigenvalue weighted by molar-refractivity contribution is 7.15. The van der Waals surface area contributed by atoms with Gasteiger partial charge in [0.2, 0.25) is 0 Å². The molecule has 1 aromatic carbocycles. The van der Waals surface area contributed by atoms with Crippen LogP contribution in [0.25, 0.3) is 4.96 Å². The molecule has 0 aliphatic carbocycles. The van der Waals surface area contributed by atoms with Crippen molar-refractivity contribution in [3.63, 3.8) is 0 Å². The van der Waals surface area contributed by atoms with Crippen LogP contribution in [0.15, 0.2) is 36.0 Å². The number of aromatic nitrogens is 2. The number of ether oxygens (including phenoxy) is 1. The topological polar surface area (TPSA) is 72.7 Å². The SMILES string of the molecule is C[C@H](NC(=O)COC(=O)Cc1cn2ccsc2n1)c1ccc(Cl)cc1Cl. The van der Waals surface area contributed by atoms with Gasteiger partial charge in [-0.3, -0.25) is 14.0 Å². The van der Waals surface area contributed by atoms with Gasteiger partial charge in [0.05, 0.1) is 18.2 Å². The zero-order valence-corrected chi connectivity index (χ0v) is 16.1. The minimum atomic E-state index is -0.511. The first-order chi connectivity index (χ1) is 12.4. The third kappa shape index (κ3) is 4.55. The number of halogens is 2. The number of fused-ring (bicyclic) bond motifs is 1. The van der Waals surface area contributed by atoms with Gasteiger partial charge in [0, 0.05) is 27.8 Å². The van der Waals surface area contributed by atoms with E-state index >= 15 is 0 Å². The maximum atomic E-state index is 12.0. The van der Waals surface area contributed by atoms with Crippen LogP contribution in [0.2, 0.25) is 10.0 Å². The zero-order chi connectivity index (χ0) is 18.7. The zero-order valence-electron chi connectivity index (χ0n) is 13.7. The number of carbonyl (C=O) groups excluding carboxylic acids is 2. The van der Waals surface area contributed by atoms with Crippen molar-refractivity contribution in [2.24, 2.45) is 0 Å². The lowest BCUT2D eigenvalue weighted by atomic mass is 10.1. The number of hydrogen-bond donors (Lipinski definition) is 1. The highest BCUT2D eigenvalue weighted by Crippen LogP contribution is 2.26. The van der Waals surface area contributed by atoms with Crippen molar-refractivity contribution in [2.75, 3.05) is 6.61 Å². The molecule has 1 amide bonds. The van der Waals surface area contributed by atoms with Gasteiger partial charge in [0.25, 0.3) is 5.91 Å². The van der Waals surface area contributed by atoms with Gasteiger partial charge in [-0.1, -0.05) is 29.3 Å². The Labute approximate surface area is 163 Å². The molecule has 0 saturated heterocycles. The molecule has 1 atom stereocenters. The Bertz CT molecular complexity index is 925. The largest absolute Gasteiger partial charge is 0.455 e. The number of amides is 1. The lowest BCUT2D eigenvalue weighted by molar-refractivity contribution is -0.148. The Morgan fingerprint density at radius 1 is 1.38 bits per heavy atom. The number of esters is 1. The van der Waals surface area contributed by atoms with Crippen molar-refractivity contribution >= 4 is 51.4 Å². The molecule has 0 saturated carbocycles. The van der Waals surface area contributed by atoms with Crippen LogP contribution >= 0.6 is 34.5 Å². The maximum Gasteiger partial charge on any atom is 0.312 e. The number of rotatable bonds is 6. The lowest BCUT2D eigenvalue weighted by Gasteiger charge is -2.16. The van der Waals surface area contributed by atoms with Crippen molar-refractivity contribution in [2.45, 2.75) is 19.4 Å². The van der Waals surface area contributed by atoms with Crippen LogP contribution in [-0.2, 0) is 20.7 Å². The molecule has 9 heteroatoms. The average Bonchev–Trinajstić information content (AvgIpc) is 3.14. The summed E-state index contributed by atoms with van der Waals surface area (Å²) in [5.41, 5.74) is 1.33. The fraction of sp³-hybridized carbons (Fsp3) is 0.235. The average molecular weight is 412 g/mol. The Balaban J connectivity index is 1.48. The van der Waals surface area contributed by atoms with Crippen LogP contribution in [0, 0.1) is 0 Å². The number of nitrogens with zero attached hydrogens (tertiary/aromatic N) is 2. The Morgan fingerprint density at radius 2 is 2.19 bits per heavy atom. The number of hydrogen-bond acceptors (Lipinski definition) is 5. The third-order valence-corrected chi connectivity index (χ3v) is 4.97. The molecule has 0 fully saturated rings. The highest BCUT2D eigenvalue weighted by Gasteiger charge is 2.15. The molecule has 6 nitrogen and oxygen atoms in total. The van der Waals surface area contributed by atoms with E-state index in [4.69, 9.17) is 27.9 Å². The summed E-state index contributed by atoms with van der Waals surface area (Å²) in [6, 6.07) is 4.70. The van der Waals surface area contributed by atoms with E-state index in [1.807, 2.05) is 16.0 Å². The first-order valence-corrected chi connectivity index (χ1v) is 9.37. The number of imidazole rings is 1. The molecule has 1 N–H and O–H groups in total. The smallest absolute Gasteiger partial charge is 0.312 e. The van der Waals surface area contributed by atoms with E-state index < -0.39 is 11.9 Å². The fourth-order valence-corrected chi connectivity index (χ4v) is 3.71. The predicted molar refractivity (Wildman–Crippen MR) is 101 cm³/mol. The summed E-state index contributed by atoms with van der Waals surface area (Å²) in [6.07, 6.45) is 3.64. The molecule has 0 radical (unpaired) electrons. The van der Waals surface area contributed by atoms with Crippen LogP contribution in [-0.4, -0.2) is 27.9 Å². The van der Waals surface area contributed by atoms with Crippen molar-refractivity contribution in [3.05, 3.63) is 57.3 Å². The second kappa shape index (κ2) is 8.07. The van der Waals surface area contributed by atoms with E-state index in [-0.39, 0.29) is 19.1 Å². The molecular formula is C17H15Cl2N3O3S. The lowest BCUT2D eigenvalue weighted by Crippen LogP contribution is -2.31. The predicted octanol–water partition coefficient (Wildman–Crippen LogP) is 3.67. The molecule has 0 unspecified atom stereocenters. The van der Waals surface area contributed by atoms with E-state index in [9.17, 15) is 9.59 Å². The van der Waals surface area contributed by atoms with Gasteiger partial charge >= 0.3 is 5.97 Å². The summed E-state index contributed by atoms with van der Waals surface area (Å²) in [5, 5.41) is 5.62. The molecule has 136 valence electrons. The summed E-state index contributed by atoms with van der Waals surface area (Å²) in [7, 11) is 0. The van der Waals surface area contributed by atoms with Gasteiger partial charge < -0.3 is 10.1 Å². The molecule has 0 bridgehead atoms. The van der Waals surface area contributed by atoms with Gasteiger partial charge in [-0.15, -0.1) is 11.3 Å². The van der Waals surface area contributed by atoms with Crippen molar-refractivity contribution in [1.29, 1.82) is 0 Å². The Kier molecular flexibility index (Phi) is 5.80. The quantitative estimate of drug-likeness (QED) is 0.628. The molecule has 0 aliphatic heterocycles. The van der Waals surface area contributed by atoms with E-state index in [1.54, 1.807) is 31.3 Å². The van der Waals surface area contributed by atoms with Crippen molar-refractivity contribution in [1.82, 2.24) is 14.7 Å². The standard InChI is InChI=1S/C17H15Cl2N3O3S/c1-10(13-3-2-11(18)6-14(13)19)20-15(23)9-25-16(24)7-12-8-22-4-5-26-17(22)21-12/h2-6,8,10H,7,9H2,1H3,(H,20,23)/t10-/m0/s1. The van der Waals surface area contributed by atoms with Crippen LogP contribution < -0.4 is 5.32 Å². The number of benzene rings is 1. The molecule has 26 heavy (non-hydrogen) atoms. The Morgan fingerprint density at radius 3 is 2.92 bits per heavy atom. The molecule has 2 heterocycles. The fourth-order valence-electron chi connectivity index (χ4n) is 2.42. The van der Waals surface area contributed by atoms with Gasteiger partial charge in [0.1, 0.15) is 0 Å². The monoisotopic (exact) mass is 411 g/mol. The molecular weight excluding hydrogens is 397 g/mol. The first kappa shape index (κ1) is 18.7. The normalized spacial score (nSPS) is 12.1. The second-order valence-corrected chi connectivity index (χ2v) is 7.33. The number of thiazole rings is 1. The summed E-state index contributed by atoms with van der Waals surface area (Å²) in [5.74, 6) is -0.925. The molecule has 0 aliphatic rings. The molecule has 3 rings (SSSR count). The summed E-state index contributed by atoms with van der Waals surface area (Å²) >= 11 is 13.5. The summed E-state index contributed by atoms with van der Waals surface area (Å²) in [6.45, 7) is 1.42. The third-order valence-electron chi connectivity index (χ3n) is 3.64. The number of carbonyl (C=O) groups is 2. The van der Waals surface area contributed by atoms with Gasteiger partial charge in [-0.2, -0.15) is 0 Å². The van der Waals surface area contributed by atoms with Crippen LogP contribution in [0.4, 0.5) is 0 Å². The summed E-state index contributed by atoms with van der Waals surface area (Å²) in [4.78, 5) is 29.0. The summed E-state index contributed by atoms with van der Waals surface area (Å²) < 4.78 is 6.85. The minimum Gasteiger partial charge on any atom is -0.455 e. The van der Waals surface area contributed by atoms with E-state index in [1.165, 1.54) is 11.3 Å². The molecule has 3 aromatic rings. The van der Waals surface area contributed by atoms with Gasteiger partial charge in [-0.05, 0) is 24.6 Å². The molecule has 0 spiro atoms. The second-order valence-electron chi connectivity index (χ2n) is 5.62. The van der Waals surface area contributed by atoms with Crippen LogP contribution in [0.3, 0.4) is 0 Å². The van der Waals surface area contributed by atoms with Gasteiger partial charge in [-0.25, -0.2) is 4.98 Å².